The Kier molecular flexibility index (Phi) is 4.33. The van der Waals surface area contributed by atoms with E-state index in [1.54, 1.807) is 0 Å². The molecule has 3 aromatic carbocycles. The molecule has 0 saturated heterocycles. The van der Waals surface area contributed by atoms with Crippen molar-refractivity contribution in [3.63, 3.8) is 0 Å². The molecule has 2 heterocycles. The molecule has 4 aromatic rings. The van der Waals surface area contributed by atoms with Crippen molar-refractivity contribution in [3.05, 3.63) is 89.0 Å². The van der Waals surface area contributed by atoms with E-state index in [0.717, 1.165) is 28.4 Å². The van der Waals surface area contributed by atoms with Crippen molar-refractivity contribution in [2.24, 2.45) is 0 Å². The van der Waals surface area contributed by atoms with Gasteiger partial charge in [0, 0.05) is 5.56 Å². The zero-order chi connectivity index (χ0) is 21.7. The fourth-order valence-electron chi connectivity index (χ4n) is 3.33. The van der Waals surface area contributed by atoms with Crippen molar-refractivity contribution in [1.82, 2.24) is 4.98 Å². The third-order valence-electron chi connectivity index (χ3n) is 4.80. The Morgan fingerprint density at radius 3 is 2.35 bits per heavy atom. The normalized spacial score (nSPS) is 13.0. The molecule has 0 spiro atoms. The van der Waals surface area contributed by atoms with Crippen LogP contribution in [0.3, 0.4) is 0 Å². The number of benzene rings is 3. The monoisotopic (exact) mass is 435 g/mol. The number of hydrogen-bond donors (Lipinski definition) is 1. The molecule has 1 aliphatic rings. The van der Waals surface area contributed by atoms with Crippen LogP contribution in [0.15, 0.2) is 60.7 Å². The number of imide groups is 1. The van der Waals surface area contributed by atoms with Gasteiger partial charge in [0.15, 0.2) is 5.13 Å². The summed E-state index contributed by atoms with van der Waals surface area (Å²) < 4.78 is 27.1. The number of aromatic nitrogens is 1. The Morgan fingerprint density at radius 1 is 0.871 bits per heavy atom. The second-order valence-corrected chi connectivity index (χ2v) is 7.80. The Bertz CT molecular complexity index is 1400. The molecule has 5 rings (SSSR count). The molecule has 0 saturated carbocycles. The van der Waals surface area contributed by atoms with E-state index in [4.69, 9.17) is 0 Å². The van der Waals surface area contributed by atoms with E-state index in [1.165, 1.54) is 48.5 Å². The zero-order valence-corrected chi connectivity index (χ0v) is 16.4. The van der Waals surface area contributed by atoms with Crippen LogP contribution < -0.4 is 10.2 Å². The fourth-order valence-corrected chi connectivity index (χ4v) is 4.21. The predicted molar refractivity (Wildman–Crippen MR) is 112 cm³/mol. The second-order valence-electron chi connectivity index (χ2n) is 6.77. The first-order valence-corrected chi connectivity index (χ1v) is 9.88. The van der Waals surface area contributed by atoms with Gasteiger partial charge in [-0.05, 0) is 60.7 Å². The average Bonchev–Trinajstić information content (AvgIpc) is 3.26. The van der Waals surface area contributed by atoms with Gasteiger partial charge in [-0.3, -0.25) is 19.7 Å². The number of nitrogens with zero attached hydrogens (tertiary/aromatic N) is 2. The number of carbonyl (C=O) groups excluding carboxylic acids is 3. The Morgan fingerprint density at radius 2 is 1.58 bits per heavy atom. The van der Waals surface area contributed by atoms with E-state index >= 15 is 0 Å². The molecule has 0 radical (unpaired) electrons. The highest BCUT2D eigenvalue weighted by Crippen LogP contribution is 2.30. The number of amides is 3. The number of anilines is 2. The van der Waals surface area contributed by atoms with Gasteiger partial charge in [0.05, 0.1) is 27.0 Å². The highest BCUT2D eigenvalue weighted by Gasteiger charge is 2.37. The summed E-state index contributed by atoms with van der Waals surface area (Å²) in [7, 11) is 0. The van der Waals surface area contributed by atoms with Crippen LogP contribution in [0.4, 0.5) is 19.6 Å². The molecule has 6 nitrogen and oxygen atoms in total. The van der Waals surface area contributed by atoms with E-state index in [1.807, 2.05) is 0 Å². The van der Waals surface area contributed by atoms with Crippen LogP contribution in [0.5, 0.6) is 0 Å². The number of carbonyl (C=O) groups is 3. The minimum atomic E-state index is -0.600. The minimum absolute atomic E-state index is 0.0772. The largest absolute Gasteiger partial charge is 0.298 e. The van der Waals surface area contributed by atoms with Gasteiger partial charge in [-0.15, -0.1) is 0 Å². The molecule has 0 fully saturated rings. The molecule has 0 aliphatic carbocycles. The molecule has 1 aliphatic heterocycles. The lowest BCUT2D eigenvalue weighted by Crippen LogP contribution is -2.29. The van der Waals surface area contributed by atoms with Gasteiger partial charge in [-0.1, -0.05) is 11.3 Å². The maximum absolute atomic E-state index is 13.4. The van der Waals surface area contributed by atoms with Crippen LogP contribution in [-0.4, -0.2) is 22.7 Å². The maximum Gasteiger partial charge on any atom is 0.266 e. The van der Waals surface area contributed by atoms with Gasteiger partial charge in [-0.25, -0.2) is 18.7 Å². The lowest BCUT2D eigenvalue weighted by Gasteiger charge is -2.13. The lowest BCUT2D eigenvalue weighted by molar-refractivity contribution is 0.0925. The van der Waals surface area contributed by atoms with Crippen molar-refractivity contribution >= 4 is 50.1 Å². The molecule has 9 heteroatoms. The smallest absolute Gasteiger partial charge is 0.266 e. The number of nitrogens with one attached hydrogen (secondary N) is 1. The maximum atomic E-state index is 13.4. The van der Waals surface area contributed by atoms with Gasteiger partial charge in [0.2, 0.25) is 0 Å². The van der Waals surface area contributed by atoms with Gasteiger partial charge >= 0.3 is 0 Å². The Labute approximate surface area is 177 Å². The molecule has 1 aromatic heterocycles. The van der Waals surface area contributed by atoms with Crippen LogP contribution in [-0.2, 0) is 0 Å². The molecule has 1 N–H and O–H groups in total. The first-order valence-electron chi connectivity index (χ1n) is 9.06. The molecule has 0 atom stereocenters. The standard InChI is InChI=1S/C22H11F2N3O3S/c23-12-2-5-14(6-3-12)27-20(29)15-7-1-11(9-16(15)21(27)30)19(28)26-22-25-17-8-4-13(24)10-18(17)31-22/h1-10H,(H,25,26,28). The first-order chi connectivity index (χ1) is 14.9. The number of halogens is 2. The quantitative estimate of drug-likeness (QED) is 0.476. The van der Waals surface area contributed by atoms with Crippen LogP contribution in [0.2, 0.25) is 0 Å². The highest BCUT2D eigenvalue weighted by atomic mass is 32.1. The zero-order valence-electron chi connectivity index (χ0n) is 15.6. The number of thiazole rings is 1. The van der Waals surface area contributed by atoms with Crippen LogP contribution in [0.25, 0.3) is 10.2 Å². The lowest BCUT2D eigenvalue weighted by atomic mass is 10.1. The van der Waals surface area contributed by atoms with Gasteiger partial charge < -0.3 is 0 Å². The Hall–Kier alpha value is -3.98. The summed E-state index contributed by atoms with van der Waals surface area (Å²) in [6.07, 6.45) is 0. The third kappa shape index (κ3) is 3.24. The van der Waals surface area contributed by atoms with Gasteiger partial charge in [0.1, 0.15) is 11.6 Å². The van der Waals surface area contributed by atoms with E-state index in [9.17, 15) is 23.2 Å². The van der Waals surface area contributed by atoms with Crippen molar-refractivity contribution in [1.29, 1.82) is 0 Å². The second kappa shape index (κ2) is 7.06. The molecular formula is C22H11F2N3O3S. The summed E-state index contributed by atoms with van der Waals surface area (Å²) in [6, 6.07) is 13.3. The summed E-state index contributed by atoms with van der Waals surface area (Å²) in [5, 5.41) is 2.91. The minimum Gasteiger partial charge on any atom is -0.298 e. The SMILES string of the molecule is O=C(Nc1nc2ccc(F)cc2s1)c1ccc2c(c1)C(=O)N(c1ccc(F)cc1)C2=O. The van der Waals surface area contributed by atoms with Gasteiger partial charge in [-0.2, -0.15) is 0 Å². The highest BCUT2D eigenvalue weighted by molar-refractivity contribution is 7.22. The summed E-state index contributed by atoms with van der Waals surface area (Å²) in [5.74, 6) is -2.57. The van der Waals surface area contributed by atoms with E-state index in [0.29, 0.717) is 10.2 Å². The number of fused-ring (bicyclic) bond motifs is 2. The molecule has 0 unspecified atom stereocenters. The Balaban J connectivity index is 1.42. The molecular weight excluding hydrogens is 424 g/mol. The summed E-state index contributed by atoms with van der Waals surface area (Å²) in [6.45, 7) is 0. The summed E-state index contributed by atoms with van der Waals surface area (Å²) in [5.41, 5.74) is 1.17. The van der Waals surface area contributed by atoms with E-state index in [-0.39, 0.29) is 27.5 Å². The van der Waals surface area contributed by atoms with Crippen molar-refractivity contribution in [2.45, 2.75) is 0 Å². The molecule has 31 heavy (non-hydrogen) atoms. The first kappa shape index (κ1) is 19.0. The number of hydrogen-bond acceptors (Lipinski definition) is 5. The van der Waals surface area contributed by atoms with Crippen LogP contribution in [0.1, 0.15) is 31.1 Å². The van der Waals surface area contributed by atoms with Crippen LogP contribution >= 0.6 is 11.3 Å². The molecule has 152 valence electrons. The number of rotatable bonds is 3. The third-order valence-corrected chi connectivity index (χ3v) is 5.74. The van der Waals surface area contributed by atoms with Crippen molar-refractivity contribution in [3.8, 4) is 0 Å². The van der Waals surface area contributed by atoms with Crippen molar-refractivity contribution < 1.29 is 23.2 Å². The molecule has 0 bridgehead atoms. The van der Waals surface area contributed by atoms with Gasteiger partial charge in [0.25, 0.3) is 17.7 Å². The average molecular weight is 435 g/mol. The fraction of sp³-hybridized carbons (Fsp3) is 0. The summed E-state index contributed by atoms with van der Waals surface area (Å²) in [4.78, 5) is 43.3. The van der Waals surface area contributed by atoms with E-state index in [2.05, 4.69) is 10.3 Å². The van der Waals surface area contributed by atoms with Crippen molar-refractivity contribution in [2.75, 3.05) is 10.2 Å². The topological polar surface area (TPSA) is 79.4 Å². The predicted octanol–water partition coefficient (Wildman–Crippen LogP) is 4.63. The van der Waals surface area contributed by atoms with Crippen LogP contribution in [0, 0.1) is 11.6 Å². The summed E-state index contributed by atoms with van der Waals surface area (Å²) >= 11 is 1.12. The van der Waals surface area contributed by atoms with E-state index < -0.39 is 29.4 Å². The molecule has 3 amide bonds.